The summed E-state index contributed by atoms with van der Waals surface area (Å²) in [5.74, 6) is -4.33. The number of benzene rings is 1. The van der Waals surface area contributed by atoms with E-state index in [0.717, 1.165) is 6.07 Å². The second-order valence-corrected chi connectivity index (χ2v) is 12.1. The summed E-state index contributed by atoms with van der Waals surface area (Å²) in [6.07, 6.45) is 0. The Morgan fingerprint density at radius 3 is 2.23 bits per heavy atom. The molecule has 2 nitrogen and oxygen atoms in total. The van der Waals surface area contributed by atoms with Crippen molar-refractivity contribution in [2.45, 2.75) is 57.8 Å². The molecule has 1 atom stereocenters. The lowest BCUT2D eigenvalue weighted by molar-refractivity contribution is -0.0536. The average Bonchev–Trinajstić information content (AvgIpc) is 2.35. The quantitative estimate of drug-likeness (QED) is 0.773. The minimum Gasteiger partial charge on any atom is -0.410 e. The zero-order valence-corrected chi connectivity index (χ0v) is 15.1. The molecule has 6 heteroatoms. The second kappa shape index (κ2) is 6.33. The van der Waals surface area contributed by atoms with Gasteiger partial charge < -0.3 is 10.2 Å². The van der Waals surface area contributed by atoms with Crippen LogP contribution in [0.4, 0.5) is 13.2 Å². The van der Waals surface area contributed by atoms with E-state index in [-0.39, 0.29) is 10.6 Å². The highest BCUT2D eigenvalue weighted by Crippen LogP contribution is 2.39. The van der Waals surface area contributed by atoms with Crippen LogP contribution in [0.1, 0.15) is 44.9 Å². The molecule has 0 aliphatic carbocycles. The molecule has 2 N–H and O–H groups in total. The predicted molar refractivity (Wildman–Crippen MR) is 86.0 cm³/mol. The van der Waals surface area contributed by atoms with E-state index in [9.17, 15) is 13.2 Å². The van der Waals surface area contributed by atoms with Crippen LogP contribution in [0.25, 0.3) is 0 Å². The lowest BCUT2D eigenvalue weighted by Gasteiger charge is -2.37. The van der Waals surface area contributed by atoms with Crippen molar-refractivity contribution in [1.82, 2.24) is 0 Å². The number of halogens is 3. The molecular formula is C16H26F3NOSi. The maximum Gasteiger partial charge on any atom is 0.297 e. The fraction of sp³-hybridized carbons (Fsp3) is 0.625. The first-order valence-corrected chi connectivity index (χ1v) is 10.3. The van der Waals surface area contributed by atoms with E-state index in [1.165, 1.54) is 12.1 Å². The van der Waals surface area contributed by atoms with Gasteiger partial charge in [0.05, 0.1) is 5.56 Å². The SMILES string of the molecule is CC(N)c1cccc(C(F)(F)CO[Si](C)(C)C(C)(C)C)c1F. The van der Waals surface area contributed by atoms with Crippen molar-refractivity contribution in [2.75, 3.05) is 6.61 Å². The summed E-state index contributed by atoms with van der Waals surface area (Å²) in [5.41, 5.74) is 5.05. The van der Waals surface area contributed by atoms with Gasteiger partial charge in [0.1, 0.15) is 12.4 Å². The van der Waals surface area contributed by atoms with E-state index < -0.39 is 38.3 Å². The molecule has 0 bridgehead atoms. The standard InChI is InChI=1S/C16H26F3NOSi/c1-11(20)12-8-7-9-13(14(12)17)16(18,19)10-21-22(5,6)15(2,3)4/h7-9,11H,10,20H2,1-6H3. The molecule has 0 radical (unpaired) electrons. The van der Waals surface area contributed by atoms with Gasteiger partial charge in [0.2, 0.25) is 0 Å². The first-order chi connectivity index (χ1) is 9.79. The summed E-state index contributed by atoms with van der Waals surface area (Å²) in [5, 5.41) is -0.185. The predicted octanol–water partition coefficient (Wildman–Crippen LogP) is 4.96. The number of alkyl halides is 2. The van der Waals surface area contributed by atoms with Crippen LogP contribution in [0.5, 0.6) is 0 Å². The first-order valence-electron chi connectivity index (χ1n) is 7.36. The minimum atomic E-state index is -3.38. The molecule has 0 spiro atoms. The van der Waals surface area contributed by atoms with Crippen molar-refractivity contribution in [2.24, 2.45) is 5.73 Å². The van der Waals surface area contributed by atoms with Crippen molar-refractivity contribution >= 4 is 8.32 Å². The van der Waals surface area contributed by atoms with Crippen LogP contribution < -0.4 is 5.73 Å². The number of hydrogen-bond donors (Lipinski definition) is 1. The van der Waals surface area contributed by atoms with Crippen molar-refractivity contribution in [3.63, 3.8) is 0 Å². The molecule has 126 valence electrons. The molecule has 0 aromatic heterocycles. The highest BCUT2D eigenvalue weighted by Gasteiger charge is 2.42. The van der Waals surface area contributed by atoms with Gasteiger partial charge in [-0.15, -0.1) is 0 Å². The Labute approximate surface area is 132 Å². The summed E-state index contributed by atoms with van der Waals surface area (Å²) in [6.45, 7) is 10.4. The van der Waals surface area contributed by atoms with E-state index in [4.69, 9.17) is 10.2 Å². The maximum absolute atomic E-state index is 14.4. The van der Waals surface area contributed by atoms with Gasteiger partial charge in [-0.1, -0.05) is 32.9 Å². The van der Waals surface area contributed by atoms with Crippen LogP contribution >= 0.6 is 0 Å². The molecule has 0 amide bonds. The molecule has 0 aliphatic rings. The molecule has 0 saturated heterocycles. The number of rotatable bonds is 5. The lowest BCUT2D eigenvalue weighted by Crippen LogP contribution is -2.43. The monoisotopic (exact) mass is 333 g/mol. The van der Waals surface area contributed by atoms with Gasteiger partial charge in [-0.2, -0.15) is 8.78 Å². The Balaban J connectivity index is 3.04. The van der Waals surface area contributed by atoms with Crippen molar-refractivity contribution in [3.05, 3.63) is 35.1 Å². The van der Waals surface area contributed by atoms with Crippen LogP contribution in [0.3, 0.4) is 0 Å². The smallest absolute Gasteiger partial charge is 0.297 e. The van der Waals surface area contributed by atoms with Crippen molar-refractivity contribution in [3.8, 4) is 0 Å². The van der Waals surface area contributed by atoms with Crippen LogP contribution in [-0.4, -0.2) is 14.9 Å². The van der Waals surface area contributed by atoms with Gasteiger partial charge in [-0.3, -0.25) is 0 Å². The fourth-order valence-electron chi connectivity index (χ4n) is 1.75. The molecule has 0 saturated carbocycles. The van der Waals surface area contributed by atoms with Gasteiger partial charge in [-0.25, -0.2) is 4.39 Å². The fourth-order valence-corrected chi connectivity index (χ4v) is 2.72. The summed E-state index contributed by atoms with van der Waals surface area (Å²) >= 11 is 0. The molecule has 0 fully saturated rings. The number of nitrogens with two attached hydrogens (primary N) is 1. The van der Waals surface area contributed by atoms with Gasteiger partial charge >= 0.3 is 0 Å². The molecule has 0 aliphatic heterocycles. The third kappa shape index (κ3) is 4.11. The normalized spacial score (nSPS) is 15.0. The highest BCUT2D eigenvalue weighted by atomic mass is 28.4. The first kappa shape index (κ1) is 19.2. The van der Waals surface area contributed by atoms with E-state index in [2.05, 4.69) is 0 Å². The van der Waals surface area contributed by atoms with Crippen molar-refractivity contribution < 1.29 is 17.6 Å². The molecule has 1 unspecified atom stereocenters. The van der Waals surface area contributed by atoms with Gasteiger partial charge in [0.25, 0.3) is 5.92 Å². The summed E-state index contributed by atoms with van der Waals surface area (Å²) in [7, 11) is -2.33. The molecule has 22 heavy (non-hydrogen) atoms. The largest absolute Gasteiger partial charge is 0.410 e. The summed E-state index contributed by atoms with van der Waals surface area (Å²) in [6, 6.07) is 3.28. The number of hydrogen-bond acceptors (Lipinski definition) is 2. The van der Waals surface area contributed by atoms with E-state index in [1.807, 2.05) is 33.9 Å². The highest BCUT2D eigenvalue weighted by molar-refractivity contribution is 6.74. The van der Waals surface area contributed by atoms with Crippen LogP contribution in [0, 0.1) is 5.82 Å². The lowest BCUT2D eigenvalue weighted by atomic mass is 10.0. The minimum absolute atomic E-state index is 0.0875. The third-order valence-corrected chi connectivity index (χ3v) is 8.81. The van der Waals surface area contributed by atoms with E-state index >= 15 is 0 Å². The topological polar surface area (TPSA) is 35.2 Å². The Bertz CT molecular complexity index is 525. The molecule has 1 aromatic rings. The third-order valence-electron chi connectivity index (χ3n) is 4.33. The molecular weight excluding hydrogens is 307 g/mol. The molecule has 0 heterocycles. The Morgan fingerprint density at radius 2 is 1.77 bits per heavy atom. The zero-order valence-electron chi connectivity index (χ0n) is 14.1. The second-order valence-electron chi connectivity index (χ2n) is 7.25. The molecule has 1 rings (SSSR count). The summed E-state index contributed by atoms with van der Waals surface area (Å²) < 4.78 is 48.6. The molecule has 1 aromatic carbocycles. The van der Waals surface area contributed by atoms with Crippen LogP contribution in [0.15, 0.2) is 18.2 Å². The Morgan fingerprint density at radius 1 is 1.23 bits per heavy atom. The Kier molecular flexibility index (Phi) is 5.53. The Hall–Kier alpha value is -0.853. The summed E-state index contributed by atoms with van der Waals surface area (Å²) in [4.78, 5) is 0. The van der Waals surface area contributed by atoms with E-state index in [1.54, 1.807) is 6.92 Å². The van der Waals surface area contributed by atoms with E-state index in [0.29, 0.717) is 0 Å². The maximum atomic E-state index is 14.4. The van der Waals surface area contributed by atoms with Crippen LogP contribution in [-0.2, 0) is 10.3 Å². The van der Waals surface area contributed by atoms with Crippen LogP contribution in [0.2, 0.25) is 18.1 Å². The zero-order chi connectivity index (χ0) is 17.3. The van der Waals surface area contributed by atoms with Crippen molar-refractivity contribution in [1.29, 1.82) is 0 Å². The van der Waals surface area contributed by atoms with Gasteiger partial charge in [-0.05, 0) is 31.1 Å². The van der Waals surface area contributed by atoms with Gasteiger partial charge in [0, 0.05) is 11.6 Å². The average molecular weight is 333 g/mol. The van der Waals surface area contributed by atoms with Gasteiger partial charge in [0.15, 0.2) is 8.32 Å².